The summed E-state index contributed by atoms with van der Waals surface area (Å²) in [5.41, 5.74) is 0.569. The van der Waals surface area contributed by atoms with E-state index in [1.54, 1.807) is 24.4 Å². The van der Waals surface area contributed by atoms with Crippen LogP contribution in [0.25, 0.3) is 0 Å². The summed E-state index contributed by atoms with van der Waals surface area (Å²) < 4.78 is 10.6. The molecule has 0 aliphatic carbocycles. The Bertz CT molecular complexity index is 742. The average molecular weight is 379 g/mol. The Balaban J connectivity index is 1.58. The topological polar surface area (TPSA) is 90.4 Å². The predicted octanol–water partition coefficient (Wildman–Crippen LogP) is 2.85. The first kappa shape index (κ1) is 17.7. The molecule has 1 aliphatic rings. The van der Waals surface area contributed by atoms with Gasteiger partial charge in [-0.25, -0.2) is 14.8 Å². The summed E-state index contributed by atoms with van der Waals surface area (Å²) >= 11 is 3.02. The Morgan fingerprint density at radius 2 is 2.28 bits per heavy atom. The number of carbonyl (C=O) groups excluding carboxylic acids is 2. The molecular weight excluding hydrogens is 362 g/mol. The lowest BCUT2D eigenvalue weighted by atomic mass is 10.2. The lowest BCUT2D eigenvalue weighted by Crippen LogP contribution is -2.16. The molecule has 0 unspecified atom stereocenters. The lowest BCUT2D eigenvalue weighted by molar-refractivity contribution is 0.0520. The second kappa shape index (κ2) is 8.30. The highest BCUT2D eigenvalue weighted by molar-refractivity contribution is 7.99. The van der Waals surface area contributed by atoms with Crippen molar-refractivity contribution in [2.75, 3.05) is 23.4 Å². The number of ether oxygens (including phenoxy) is 2. The largest absolute Gasteiger partial charge is 0.473 e. The highest BCUT2D eigenvalue weighted by Gasteiger charge is 2.18. The van der Waals surface area contributed by atoms with E-state index in [1.165, 1.54) is 6.20 Å². The molecule has 25 heavy (non-hydrogen) atoms. The van der Waals surface area contributed by atoms with Gasteiger partial charge in [0.25, 0.3) is 5.91 Å². The van der Waals surface area contributed by atoms with E-state index in [2.05, 4.69) is 15.3 Å². The Kier molecular flexibility index (Phi) is 5.87. The maximum Gasteiger partial charge on any atom is 0.357 e. The number of nitrogens with one attached hydrogen (secondary N) is 1. The van der Waals surface area contributed by atoms with Crippen molar-refractivity contribution in [1.29, 1.82) is 0 Å². The molecule has 9 heteroatoms. The summed E-state index contributed by atoms with van der Waals surface area (Å²) in [6.07, 6.45) is 2.67. The fourth-order valence-electron chi connectivity index (χ4n) is 2.16. The molecule has 1 saturated heterocycles. The van der Waals surface area contributed by atoms with Crippen molar-refractivity contribution in [3.05, 3.63) is 35.0 Å². The number of thioether (sulfide) groups is 1. The number of pyridine rings is 1. The molecule has 132 valence electrons. The second-order valence-electron chi connectivity index (χ2n) is 5.20. The maximum absolute atomic E-state index is 12.2. The molecular formula is C16H17N3O4S2. The third-order valence-corrected chi connectivity index (χ3v) is 5.27. The molecule has 0 saturated carbocycles. The van der Waals surface area contributed by atoms with Crippen LogP contribution in [0.3, 0.4) is 0 Å². The number of nitrogens with zero attached hydrogens (tertiary/aromatic N) is 2. The van der Waals surface area contributed by atoms with Gasteiger partial charge in [0.2, 0.25) is 5.88 Å². The van der Waals surface area contributed by atoms with Crippen LogP contribution in [0.2, 0.25) is 0 Å². The Hall–Kier alpha value is -2.13. The molecule has 1 amide bonds. The van der Waals surface area contributed by atoms with E-state index >= 15 is 0 Å². The number of rotatable bonds is 6. The molecule has 3 rings (SSSR count). The Morgan fingerprint density at radius 3 is 2.96 bits per heavy atom. The number of carbonyl (C=O) groups is 2. The molecule has 0 spiro atoms. The third-order valence-electron chi connectivity index (χ3n) is 3.38. The van der Waals surface area contributed by atoms with Gasteiger partial charge in [-0.1, -0.05) is 0 Å². The standard InChI is InChI=1S/C16H17N3O4S2/c1-2-22-15(21)12-9-25-16(18-12)19-14(20)10-3-4-13(17-7-10)23-11-5-6-24-8-11/h3-4,7,9,11H,2,5-6,8H2,1H3,(H,18,19,20)/t11-/m1/s1. The SMILES string of the molecule is CCOC(=O)c1csc(NC(=O)c2ccc(O[C@@H]3CCSC3)nc2)n1. The summed E-state index contributed by atoms with van der Waals surface area (Å²) in [6.45, 7) is 2.00. The number of thiazole rings is 1. The number of hydrogen-bond donors (Lipinski definition) is 1. The quantitative estimate of drug-likeness (QED) is 0.772. The number of aromatic nitrogens is 2. The maximum atomic E-state index is 12.2. The average Bonchev–Trinajstić information content (AvgIpc) is 3.28. The van der Waals surface area contributed by atoms with E-state index < -0.39 is 5.97 Å². The van der Waals surface area contributed by atoms with Crippen LogP contribution >= 0.6 is 23.1 Å². The number of anilines is 1. The fourth-order valence-corrected chi connectivity index (χ4v) is 3.93. The van der Waals surface area contributed by atoms with Gasteiger partial charge in [0.1, 0.15) is 6.10 Å². The van der Waals surface area contributed by atoms with Crippen molar-refractivity contribution < 1.29 is 19.1 Å². The summed E-state index contributed by atoms with van der Waals surface area (Å²) in [5, 5.41) is 4.52. The van der Waals surface area contributed by atoms with Crippen LogP contribution in [0.5, 0.6) is 5.88 Å². The van der Waals surface area contributed by atoms with Gasteiger partial charge in [-0.3, -0.25) is 10.1 Å². The van der Waals surface area contributed by atoms with Gasteiger partial charge in [0, 0.05) is 23.4 Å². The minimum absolute atomic E-state index is 0.179. The minimum Gasteiger partial charge on any atom is -0.473 e. The fraction of sp³-hybridized carbons (Fsp3) is 0.375. The van der Waals surface area contributed by atoms with E-state index in [0.29, 0.717) is 16.6 Å². The third kappa shape index (κ3) is 4.70. The molecule has 1 N–H and O–H groups in total. The van der Waals surface area contributed by atoms with Crippen molar-refractivity contribution in [1.82, 2.24) is 9.97 Å². The minimum atomic E-state index is -0.507. The van der Waals surface area contributed by atoms with Crippen LogP contribution < -0.4 is 10.1 Å². The normalized spacial score (nSPS) is 16.4. The first-order valence-electron chi connectivity index (χ1n) is 7.80. The smallest absolute Gasteiger partial charge is 0.357 e. The molecule has 1 aliphatic heterocycles. The molecule has 7 nitrogen and oxygen atoms in total. The van der Waals surface area contributed by atoms with E-state index in [1.807, 2.05) is 11.8 Å². The van der Waals surface area contributed by atoms with Crippen molar-refractivity contribution in [3.8, 4) is 5.88 Å². The van der Waals surface area contributed by atoms with Gasteiger partial charge in [-0.05, 0) is 25.2 Å². The van der Waals surface area contributed by atoms with Gasteiger partial charge < -0.3 is 9.47 Å². The van der Waals surface area contributed by atoms with Crippen molar-refractivity contribution in [2.45, 2.75) is 19.4 Å². The number of hydrogen-bond acceptors (Lipinski definition) is 8. The first-order chi connectivity index (χ1) is 12.2. The zero-order valence-corrected chi connectivity index (χ0v) is 15.2. The van der Waals surface area contributed by atoms with E-state index in [-0.39, 0.29) is 24.3 Å². The van der Waals surface area contributed by atoms with Gasteiger partial charge >= 0.3 is 5.97 Å². The molecule has 3 heterocycles. The van der Waals surface area contributed by atoms with Crippen molar-refractivity contribution in [3.63, 3.8) is 0 Å². The second-order valence-corrected chi connectivity index (χ2v) is 7.21. The van der Waals surface area contributed by atoms with Crippen LogP contribution in [-0.4, -0.2) is 46.1 Å². The Morgan fingerprint density at radius 1 is 1.40 bits per heavy atom. The highest BCUT2D eigenvalue weighted by atomic mass is 32.2. The van der Waals surface area contributed by atoms with Crippen LogP contribution in [0, 0.1) is 0 Å². The van der Waals surface area contributed by atoms with Crippen molar-refractivity contribution in [2.24, 2.45) is 0 Å². The molecule has 0 radical (unpaired) electrons. The molecule has 1 fully saturated rings. The van der Waals surface area contributed by atoms with Crippen LogP contribution in [0.1, 0.15) is 34.2 Å². The van der Waals surface area contributed by atoms with Crippen molar-refractivity contribution >= 4 is 40.1 Å². The zero-order valence-electron chi connectivity index (χ0n) is 13.6. The highest BCUT2D eigenvalue weighted by Crippen LogP contribution is 2.22. The van der Waals surface area contributed by atoms with Gasteiger partial charge in [0.05, 0.1) is 12.2 Å². The molecule has 0 bridgehead atoms. The molecule has 2 aromatic heterocycles. The summed E-state index contributed by atoms with van der Waals surface area (Å²) in [4.78, 5) is 32.0. The van der Waals surface area contributed by atoms with E-state index in [0.717, 1.165) is 29.3 Å². The van der Waals surface area contributed by atoms with Crippen LogP contribution in [0.15, 0.2) is 23.7 Å². The monoisotopic (exact) mass is 379 g/mol. The van der Waals surface area contributed by atoms with Gasteiger partial charge in [-0.15, -0.1) is 11.3 Å². The predicted molar refractivity (Wildman–Crippen MR) is 96.6 cm³/mol. The van der Waals surface area contributed by atoms with E-state index in [9.17, 15) is 9.59 Å². The van der Waals surface area contributed by atoms with Gasteiger partial charge in [-0.2, -0.15) is 11.8 Å². The summed E-state index contributed by atoms with van der Waals surface area (Å²) in [5.74, 6) is 1.74. The van der Waals surface area contributed by atoms with Crippen LogP contribution in [0.4, 0.5) is 5.13 Å². The summed E-state index contributed by atoms with van der Waals surface area (Å²) in [6, 6.07) is 3.34. The molecule has 2 aromatic rings. The molecule has 0 aromatic carbocycles. The van der Waals surface area contributed by atoms with Gasteiger partial charge in [0.15, 0.2) is 10.8 Å². The Labute approximate surface area is 153 Å². The zero-order chi connectivity index (χ0) is 17.6. The molecule has 1 atom stereocenters. The van der Waals surface area contributed by atoms with Crippen LogP contribution in [-0.2, 0) is 4.74 Å². The number of amides is 1. The first-order valence-corrected chi connectivity index (χ1v) is 9.83. The van der Waals surface area contributed by atoms with E-state index in [4.69, 9.17) is 9.47 Å². The number of esters is 1. The lowest BCUT2D eigenvalue weighted by Gasteiger charge is -2.11. The summed E-state index contributed by atoms with van der Waals surface area (Å²) in [7, 11) is 0.